The lowest BCUT2D eigenvalue weighted by Gasteiger charge is -2.36. The van der Waals surface area contributed by atoms with E-state index in [2.05, 4.69) is 60.7 Å². The van der Waals surface area contributed by atoms with Gasteiger partial charge in [0.05, 0.1) is 23.3 Å². The molecule has 254 valence electrons. The standard InChI is InChI=1S/C48H31N5O/c1-48(2)42-26-31(29-50)20-24-40(42)44-38(15-9-17-43(44)54-48)41-27-35(23-25-37(41)33-21-18-30(28-49)19-22-33)46-51-45(34-11-4-3-5-12-34)52-47(53-46)39-16-8-13-32-10-6-7-14-36(32)39/h3-27H,1-2H3. The highest BCUT2D eigenvalue weighted by molar-refractivity contribution is 5.98. The van der Waals surface area contributed by atoms with Crippen LogP contribution in [0, 0.1) is 22.7 Å². The zero-order chi connectivity index (χ0) is 36.8. The predicted molar refractivity (Wildman–Crippen MR) is 213 cm³/mol. The second kappa shape index (κ2) is 13.0. The van der Waals surface area contributed by atoms with Crippen molar-refractivity contribution in [3.63, 3.8) is 0 Å². The third-order valence-electron chi connectivity index (χ3n) is 10.0. The van der Waals surface area contributed by atoms with E-state index in [-0.39, 0.29) is 0 Å². The molecule has 1 aliphatic rings. The third-order valence-corrected chi connectivity index (χ3v) is 10.0. The number of fused-ring (bicyclic) bond motifs is 4. The molecule has 0 aliphatic carbocycles. The maximum Gasteiger partial charge on any atom is 0.164 e. The number of aromatic nitrogens is 3. The second-order valence-corrected chi connectivity index (χ2v) is 13.8. The van der Waals surface area contributed by atoms with Crippen molar-refractivity contribution in [2.45, 2.75) is 19.4 Å². The van der Waals surface area contributed by atoms with Crippen LogP contribution in [0.25, 0.3) is 78.3 Å². The first-order valence-electron chi connectivity index (χ1n) is 17.7. The fourth-order valence-electron chi connectivity index (χ4n) is 7.42. The lowest BCUT2D eigenvalue weighted by atomic mass is 9.81. The number of hydrogen-bond acceptors (Lipinski definition) is 6. The van der Waals surface area contributed by atoms with Gasteiger partial charge in [0.2, 0.25) is 0 Å². The van der Waals surface area contributed by atoms with Crippen LogP contribution in [0.1, 0.15) is 30.5 Å². The van der Waals surface area contributed by atoms with Gasteiger partial charge in [-0.2, -0.15) is 10.5 Å². The molecular formula is C48H31N5O. The molecule has 6 nitrogen and oxygen atoms in total. The highest BCUT2D eigenvalue weighted by Crippen LogP contribution is 2.51. The van der Waals surface area contributed by atoms with Crippen molar-refractivity contribution in [2.24, 2.45) is 0 Å². The van der Waals surface area contributed by atoms with E-state index in [1.54, 1.807) is 0 Å². The summed E-state index contributed by atoms with van der Waals surface area (Å²) < 4.78 is 6.68. The van der Waals surface area contributed by atoms with E-state index in [1.807, 2.05) is 117 Å². The van der Waals surface area contributed by atoms with Crippen molar-refractivity contribution >= 4 is 10.8 Å². The number of hydrogen-bond donors (Lipinski definition) is 0. The van der Waals surface area contributed by atoms with Crippen molar-refractivity contribution in [2.75, 3.05) is 0 Å². The van der Waals surface area contributed by atoms with Crippen LogP contribution in [0.2, 0.25) is 0 Å². The maximum atomic E-state index is 9.79. The van der Waals surface area contributed by atoms with Gasteiger partial charge in [-0.05, 0) is 88.8 Å². The number of rotatable bonds is 5. The van der Waals surface area contributed by atoms with Gasteiger partial charge >= 0.3 is 0 Å². The Kier molecular flexibility index (Phi) is 7.81. The third kappa shape index (κ3) is 5.64. The molecule has 6 heteroatoms. The summed E-state index contributed by atoms with van der Waals surface area (Å²) in [5.74, 6) is 2.47. The Labute approximate surface area is 313 Å². The summed E-state index contributed by atoms with van der Waals surface area (Å²) in [4.78, 5) is 15.3. The zero-order valence-corrected chi connectivity index (χ0v) is 29.6. The zero-order valence-electron chi connectivity index (χ0n) is 29.6. The highest BCUT2D eigenvalue weighted by atomic mass is 16.5. The first kappa shape index (κ1) is 32.5. The minimum Gasteiger partial charge on any atom is -0.482 e. The van der Waals surface area contributed by atoms with Gasteiger partial charge in [0, 0.05) is 27.8 Å². The van der Waals surface area contributed by atoms with E-state index < -0.39 is 5.60 Å². The number of nitrogens with zero attached hydrogens (tertiary/aromatic N) is 5. The lowest BCUT2D eigenvalue weighted by molar-refractivity contribution is 0.106. The van der Waals surface area contributed by atoms with E-state index in [1.165, 1.54) is 0 Å². The Hall–Kier alpha value is -7.41. The molecule has 0 atom stereocenters. The van der Waals surface area contributed by atoms with Gasteiger partial charge in [-0.3, -0.25) is 0 Å². The molecule has 0 N–H and O–H groups in total. The van der Waals surface area contributed by atoms with Gasteiger partial charge in [0.1, 0.15) is 11.4 Å². The van der Waals surface area contributed by atoms with Gasteiger partial charge in [0.15, 0.2) is 17.5 Å². The molecule has 54 heavy (non-hydrogen) atoms. The molecule has 9 rings (SSSR count). The fraction of sp³-hybridized carbons (Fsp3) is 0.0625. The highest BCUT2D eigenvalue weighted by Gasteiger charge is 2.34. The molecule has 7 aromatic carbocycles. The Bertz CT molecular complexity index is 2840. The molecule has 0 amide bonds. The lowest BCUT2D eigenvalue weighted by Crippen LogP contribution is -2.29. The van der Waals surface area contributed by atoms with Crippen LogP contribution in [0.5, 0.6) is 5.75 Å². The SMILES string of the molecule is CC1(C)Oc2cccc(-c3cc(-c4nc(-c5ccccc5)nc(-c5cccc6ccccc56)n4)ccc3-c3ccc(C#N)cc3)c2-c2ccc(C#N)cc21. The van der Waals surface area contributed by atoms with Crippen molar-refractivity contribution in [3.8, 4) is 85.4 Å². The molecule has 0 saturated heterocycles. The Balaban J connectivity index is 1.30. The molecule has 0 unspecified atom stereocenters. The van der Waals surface area contributed by atoms with E-state index in [4.69, 9.17) is 19.7 Å². The van der Waals surface area contributed by atoms with E-state index in [0.717, 1.165) is 72.2 Å². The number of ether oxygens (including phenoxy) is 1. The van der Waals surface area contributed by atoms with Crippen LogP contribution in [0.15, 0.2) is 152 Å². The van der Waals surface area contributed by atoms with Gasteiger partial charge in [0.25, 0.3) is 0 Å². The smallest absolute Gasteiger partial charge is 0.164 e. The Morgan fingerprint density at radius 1 is 0.481 bits per heavy atom. The maximum absolute atomic E-state index is 9.79. The van der Waals surface area contributed by atoms with Crippen molar-refractivity contribution in [1.82, 2.24) is 15.0 Å². The molecule has 2 heterocycles. The minimum absolute atomic E-state index is 0.542. The van der Waals surface area contributed by atoms with Crippen LogP contribution in [-0.2, 0) is 5.60 Å². The van der Waals surface area contributed by atoms with Gasteiger partial charge < -0.3 is 4.74 Å². The topological polar surface area (TPSA) is 95.5 Å². The minimum atomic E-state index is -0.650. The van der Waals surface area contributed by atoms with E-state index in [9.17, 15) is 10.5 Å². The van der Waals surface area contributed by atoms with Crippen LogP contribution >= 0.6 is 0 Å². The summed E-state index contributed by atoms with van der Waals surface area (Å²) in [7, 11) is 0. The number of nitriles is 2. The van der Waals surface area contributed by atoms with Gasteiger partial charge in [-0.15, -0.1) is 0 Å². The van der Waals surface area contributed by atoms with Crippen LogP contribution < -0.4 is 4.74 Å². The molecular weight excluding hydrogens is 663 g/mol. The molecule has 0 spiro atoms. The second-order valence-electron chi connectivity index (χ2n) is 13.8. The summed E-state index contributed by atoms with van der Waals surface area (Å²) >= 11 is 0. The van der Waals surface area contributed by atoms with Crippen molar-refractivity contribution in [3.05, 3.63) is 168 Å². The molecule has 1 aliphatic heterocycles. The predicted octanol–water partition coefficient (Wildman–Crippen LogP) is 11.4. The summed E-state index contributed by atoms with van der Waals surface area (Å²) in [6.45, 7) is 4.06. The largest absolute Gasteiger partial charge is 0.482 e. The summed E-state index contributed by atoms with van der Waals surface area (Å²) in [6, 6.07) is 54.8. The van der Waals surface area contributed by atoms with Crippen molar-refractivity contribution in [1.29, 1.82) is 10.5 Å². The Morgan fingerprint density at radius 3 is 1.91 bits per heavy atom. The first-order chi connectivity index (χ1) is 26.4. The fourth-order valence-corrected chi connectivity index (χ4v) is 7.42. The van der Waals surface area contributed by atoms with Crippen molar-refractivity contribution < 1.29 is 4.74 Å². The molecule has 0 radical (unpaired) electrons. The first-order valence-corrected chi connectivity index (χ1v) is 17.7. The number of benzene rings is 7. The summed E-state index contributed by atoms with van der Waals surface area (Å²) in [5.41, 5.74) is 9.90. The van der Waals surface area contributed by atoms with Crippen LogP contribution in [0.4, 0.5) is 0 Å². The normalized spacial score (nSPS) is 12.5. The summed E-state index contributed by atoms with van der Waals surface area (Å²) in [6.07, 6.45) is 0. The average Bonchev–Trinajstić information content (AvgIpc) is 3.23. The molecule has 0 fully saturated rings. The van der Waals surface area contributed by atoms with Gasteiger partial charge in [-0.1, -0.05) is 115 Å². The molecule has 1 aromatic heterocycles. The monoisotopic (exact) mass is 693 g/mol. The van der Waals surface area contributed by atoms with Gasteiger partial charge in [-0.25, -0.2) is 15.0 Å². The quantitative estimate of drug-likeness (QED) is 0.178. The van der Waals surface area contributed by atoms with E-state index in [0.29, 0.717) is 28.6 Å². The molecule has 0 bridgehead atoms. The van der Waals surface area contributed by atoms with E-state index >= 15 is 0 Å². The average molecular weight is 694 g/mol. The summed E-state index contributed by atoms with van der Waals surface area (Å²) in [5, 5.41) is 21.5. The Morgan fingerprint density at radius 2 is 1.11 bits per heavy atom. The van der Waals surface area contributed by atoms with Crippen LogP contribution in [-0.4, -0.2) is 15.0 Å². The molecule has 8 aromatic rings. The van der Waals surface area contributed by atoms with Crippen LogP contribution in [0.3, 0.4) is 0 Å². The molecule has 0 saturated carbocycles.